The summed E-state index contributed by atoms with van der Waals surface area (Å²) in [6.07, 6.45) is 0. The Morgan fingerprint density at radius 1 is 1.00 bits per heavy atom. The fourth-order valence-corrected chi connectivity index (χ4v) is 1.00. The van der Waals surface area contributed by atoms with E-state index in [2.05, 4.69) is 0 Å². The summed E-state index contributed by atoms with van der Waals surface area (Å²) in [7, 11) is 1.72. The van der Waals surface area contributed by atoms with Gasteiger partial charge in [-0.1, -0.05) is 40.9 Å². The van der Waals surface area contributed by atoms with E-state index < -0.39 is 0 Å². The third kappa shape index (κ3) is 3.39. The Balaban J connectivity index is 0.000000461. The average Bonchev–Trinajstić information content (AvgIpc) is 2.04. The van der Waals surface area contributed by atoms with Gasteiger partial charge in [0.05, 0.1) is 15.1 Å². The van der Waals surface area contributed by atoms with E-state index in [1.165, 1.54) is 0 Å². The number of halogens is 3. The minimum Gasteiger partial charge on any atom is -0.279 e. The monoisotopic (exact) mass is 228 g/mol. The molecule has 0 aromatic heterocycles. The van der Waals surface area contributed by atoms with Crippen LogP contribution in [-0.4, -0.2) is 0 Å². The van der Waals surface area contributed by atoms with Gasteiger partial charge in [0.1, 0.15) is 9.12 Å². The summed E-state index contributed by atoms with van der Waals surface area (Å²) >= 11 is 16.8. The van der Waals surface area contributed by atoms with Gasteiger partial charge in [-0.3, -0.25) is 4.57 Å². The van der Waals surface area contributed by atoms with Crippen molar-refractivity contribution in [2.75, 3.05) is 0 Å². The molecule has 0 atom stereocenters. The predicted molar refractivity (Wildman–Crippen MR) is 50.5 cm³/mol. The van der Waals surface area contributed by atoms with Crippen LogP contribution in [-0.2, 0) is 4.57 Å². The maximum atomic E-state index is 8.06. The highest BCUT2D eigenvalue weighted by atomic mass is 35.5. The normalized spacial score (nSPS) is 8.27. The third-order valence-electron chi connectivity index (χ3n) is 0.904. The van der Waals surface area contributed by atoms with Crippen molar-refractivity contribution in [3.05, 3.63) is 33.3 Å². The molecule has 1 aromatic carbocycles. The van der Waals surface area contributed by atoms with Crippen molar-refractivity contribution < 1.29 is 4.57 Å². The highest BCUT2D eigenvalue weighted by molar-refractivity contribution is 7.00. The van der Waals surface area contributed by atoms with Gasteiger partial charge in [-0.2, -0.15) is 0 Å². The Kier molecular flexibility index (Phi) is 5.89. The summed E-state index contributed by atoms with van der Waals surface area (Å²) in [5.74, 6) is 0. The van der Waals surface area contributed by atoms with Crippen molar-refractivity contribution in [1.82, 2.24) is 0 Å². The molecule has 0 unspecified atom stereocenters. The molecule has 0 heterocycles. The van der Waals surface area contributed by atoms with Gasteiger partial charge in [-0.05, 0) is 12.1 Å². The summed E-state index contributed by atoms with van der Waals surface area (Å²) in [5, 5.41) is 1.40. The highest BCUT2D eigenvalue weighted by Gasteiger charge is 1.98. The van der Waals surface area contributed by atoms with Crippen LogP contribution in [0.4, 0.5) is 0 Å². The Morgan fingerprint density at radius 3 is 1.64 bits per heavy atom. The van der Waals surface area contributed by atoms with E-state index in [9.17, 15) is 0 Å². The summed E-state index contributed by atoms with van der Waals surface area (Å²) in [5.41, 5.74) is 0. The van der Waals surface area contributed by atoms with Gasteiger partial charge in [0.2, 0.25) is 0 Å². The molecule has 0 saturated heterocycles. The Hall–Kier alpha value is 0.190. The predicted octanol–water partition coefficient (Wildman–Crippen LogP) is 4.12. The number of hydrogen-bond donors (Lipinski definition) is 0. The van der Waals surface area contributed by atoms with Gasteiger partial charge in [0.15, 0.2) is 0 Å². The lowest BCUT2D eigenvalue weighted by atomic mass is 10.4. The molecule has 0 fully saturated rings. The Morgan fingerprint density at radius 2 is 1.36 bits per heavy atom. The standard InChI is InChI=1S/C6H3Cl3.HOP/c7-4-2-1-3-5(8)6(4)9;1-2/h1-3H;2H. The van der Waals surface area contributed by atoms with Crippen LogP contribution in [0.3, 0.4) is 0 Å². The molecule has 11 heavy (non-hydrogen) atoms. The zero-order valence-corrected chi connectivity index (χ0v) is 8.54. The van der Waals surface area contributed by atoms with Crippen LogP contribution in [0.25, 0.3) is 0 Å². The van der Waals surface area contributed by atoms with Crippen molar-refractivity contribution in [3.63, 3.8) is 0 Å². The summed E-state index contributed by atoms with van der Waals surface area (Å²) in [4.78, 5) is 0. The van der Waals surface area contributed by atoms with Gasteiger partial charge in [0.25, 0.3) is 0 Å². The zero-order chi connectivity index (χ0) is 8.85. The van der Waals surface area contributed by atoms with Gasteiger partial charge >= 0.3 is 0 Å². The molecule has 0 N–H and O–H groups in total. The van der Waals surface area contributed by atoms with Crippen LogP contribution in [0.1, 0.15) is 0 Å². The van der Waals surface area contributed by atoms with Crippen LogP contribution >= 0.6 is 43.9 Å². The topological polar surface area (TPSA) is 17.1 Å². The fourth-order valence-electron chi connectivity index (χ4n) is 0.477. The quantitative estimate of drug-likeness (QED) is 0.483. The molecule has 5 heteroatoms. The molecule has 60 valence electrons. The molecular formula is C6H4Cl3OP. The lowest BCUT2D eigenvalue weighted by molar-refractivity contribution is 0.607. The fraction of sp³-hybridized carbons (Fsp3) is 0. The van der Waals surface area contributed by atoms with E-state index in [1.54, 1.807) is 27.3 Å². The van der Waals surface area contributed by atoms with Crippen molar-refractivity contribution in [2.24, 2.45) is 0 Å². The van der Waals surface area contributed by atoms with Crippen molar-refractivity contribution in [2.45, 2.75) is 0 Å². The van der Waals surface area contributed by atoms with E-state index in [0.29, 0.717) is 15.1 Å². The second kappa shape index (κ2) is 5.79. The van der Waals surface area contributed by atoms with Crippen molar-refractivity contribution in [1.29, 1.82) is 0 Å². The number of rotatable bonds is 0. The molecule has 0 aliphatic carbocycles. The summed E-state index contributed by atoms with van der Waals surface area (Å²) < 4.78 is 8.06. The maximum Gasteiger partial charge on any atom is 0.138 e. The highest BCUT2D eigenvalue weighted by Crippen LogP contribution is 2.28. The SMILES string of the molecule is Clc1cccc(Cl)c1Cl.O=P. The van der Waals surface area contributed by atoms with Crippen molar-refractivity contribution >= 4 is 43.9 Å². The summed E-state index contributed by atoms with van der Waals surface area (Å²) in [6.45, 7) is 0. The summed E-state index contributed by atoms with van der Waals surface area (Å²) in [6, 6.07) is 5.13. The van der Waals surface area contributed by atoms with Crippen LogP contribution in [0.2, 0.25) is 15.1 Å². The first-order chi connectivity index (χ1) is 5.22. The second-order valence-electron chi connectivity index (χ2n) is 1.54. The Labute approximate surface area is 81.9 Å². The Bertz CT molecular complexity index is 221. The molecule has 0 amide bonds. The largest absolute Gasteiger partial charge is 0.279 e. The van der Waals surface area contributed by atoms with Crippen LogP contribution in [0, 0.1) is 0 Å². The van der Waals surface area contributed by atoms with Crippen LogP contribution in [0.5, 0.6) is 0 Å². The van der Waals surface area contributed by atoms with Gasteiger partial charge in [0, 0.05) is 0 Å². The first-order valence-corrected chi connectivity index (χ1v) is 4.06. The van der Waals surface area contributed by atoms with Gasteiger partial charge in [-0.25, -0.2) is 0 Å². The molecule has 0 radical (unpaired) electrons. The zero-order valence-electron chi connectivity index (χ0n) is 5.27. The molecule has 0 aliphatic rings. The van der Waals surface area contributed by atoms with E-state index >= 15 is 0 Å². The number of benzene rings is 1. The van der Waals surface area contributed by atoms with Gasteiger partial charge < -0.3 is 0 Å². The maximum absolute atomic E-state index is 8.06. The first kappa shape index (κ1) is 11.2. The molecule has 0 aliphatic heterocycles. The molecular weight excluding hydrogens is 225 g/mol. The van der Waals surface area contributed by atoms with E-state index in [0.717, 1.165) is 0 Å². The van der Waals surface area contributed by atoms with Gasteiger partial charge in [-0.15, -0.1) is 0 Å². The first-order valence-electron chi connectivity index (χ1n) is 2.52. The smallest absolute Gasteiger partial charge is 0.138 e. The minimum atomic E-state index is 0.417. The van der Waals surface area contributed by atoms with E-state index in [4.69, 9.17) is 39.4 Å². The van der Waals surface area contributed by atoms with Crippen LogP contribution in [0.15, 0.2) is 18.2 Å². The second-order valence-corrected chi connectivity index (χ2v) is 2.73. The molecule has 1 rings (SSSR count). The molecule has 0 saturated carbocycles. The molecule has 1 nitrogen and oxygen atoms in total. The third-order valence-corrected chi connectivity index (χ3v) is 2.14. The molecule has 1 aromatic rings. The molecule has 0 spiro atoms. The lowest BCUT2D eigenvalue weighted by Crippen LogP contribution is -1.67. The lowest BCUT2D eigenvalue weighted by Gasteiger charge is -1.94. The van der Waals surface area contributed by atoms with Crippen molar-refractivity contribution in [3.8, 4) is 0 Å². The molecule has 0 bridgehead atoms. The average molecular weight is 229 g/mol. The van der Waals surface area contributed by atoms with Crippen LogP contribution < -0.4 is 0 Å². The number of hydrogen-bond acceptors (Lipinski definition) is 1. The van der Waals surface area contributed by atoms with E-state index in [1.807, 2.05) is 0 Å². The minimum absolute atomic E-state index is 0.417. The van der Waals surface area contributed by atoms with E-state index in [-0.39, 0.29) is 0 Å².